The molecule has 0 fully saturated rings. The van der Waals surface area contributed by atoms with Crippen molar-refractivity contribution in [3.8, 4) is 16.2 Å². The van der Waals surface area contributed by atoms with Gasteiger partial charge in [-0.2, -0.15) is 0 Å². The molecule has 1 aromatic carbocycles. The Hall–Kier alpha value is -1.61. The van der Waals surface area contributed by atoms with E-state index in [0.29, 0.717) is 0 Å². The van der Waals surface area contributed by atoms with Gasteiger partial charge in [-0.15, -0.1) is 11.3 Å². The van der Waals surface area contributed by atoms with E-state index in [0.717, 1.165) is 33.8 Å². The molecule has 2 rings (SSSR count). The van der Waals surface area contributed by atoms with Crippen LogP contribution in [0.3, 0.4) is 0 Å². The van der Waals surface area contributed by atoms with Crippen LogP contribution in [0.2, 0.25) is 0 Å². The van der Waals surface area contributed by atoms with Crippen LogP contribution in [0.15, 0.2) is 36.4 Å². The summed E-state index contributed by atoms with van der Waals surface area (Å²) in [7, 11) is 0. The van der Waals surface area contributed by atoms with Gasteiger partial charge < -0.3 is 4.74 Å². The van der Waals surface area contributed by atoms with Crippen molar-refractivity contribution >= 4 is 17.6 Å². The van der Waals surface area contributed by atoms with E-state index in [1.807, 2.05) is 36.4 Å². The van der Waals surface area contributed by atoms with Gasteiger partial charge in [0.2, 0.25) is 0 Å². The summed E-state index contributed by atoms with van der Waals surface area (Å²) < 4.78 is 5.73. The minimum atomic E-state index is 0.235. The van der Waals surface area contributed by atoms with E-state index in [4.69, 9.17) is 4.74 Å². The lowest BCUT2D eigenvalue weighted by atomic mass is 10.2. The summed E-state index contributed by atoms with van der Waals surface area (Å²) in [5, 5.41) is 0. The number of hydrogen-bond acceptors (Lipinski definition) is 3. The van der Waals surface area contributed by atoms with Gasteiger partial charge in [0, 0.05) is 4.88 Å². The Morgan fingerprint density at radius 3 is 2.50 bits per heavy atom. The molecule has 2 aromatic rings. The first kappa shape index (κ1) is 12.8. The fourth-order valence-corrected chi connectivity index (χ4v) is 2.41. The number of hydrogen-bond donors (Lipinski definition) is 0. The molecule has 3 heteroatoms. The first-order valence-corrected chi connectivity index (χ1v) is 6.86. The second-order valence-corrected chi connectivity index (χ2v) is 5.30. The van der Waals surface area contributed by atoms with E-state index >= 15 is 0 Å². The number of carbonyl (C=O) groups excluding carboxylic acids is 1. The Balaban J connectivity index is 2.14. The van der Waals surface area contributed by atoms with Crippen LogP contribution in [0.25, 0.3) is 10.4 Å². The van der Waals surface area contributed by atoms with Gasteiger partial charge in [-0.1, -0.05) is 6.92 Å². The fraction of sp³-hybridized carbons (Fsp3) is 0.267. The number of benzene rings is 1. The van der Waals surface area contributed by atoms with Crippen LogP contribution in [0.4, 0.5) is 0 Å². The van der Waals surface area contributed by atoms with Crippen LogP contribution >= 0.6 is 11.3 Å². The first-order valence-electron chi connectivity index (χ1n) is 6.05. The zero-order valence-corrected chi connectivity index (χ0v) is 11.4. The maximum absolute atomic E-state index is 10.7. The maximum atomic E-state index is 10.7. The van der Waals surface area contributed by atoms with Crippen LogP contribution in [0, 0.1) is 0 Å². The quantitative estimate of drug-likeness (QED) is 0.744. The Morgan fingerprint density at radius 2 is 1.94 bits per heavy atom. The molecule has 0 saturated carbocycles. The predicted molar refractivity (Wildman–Crippen MR) is 75.5 cm³/mol. The molecule has 0 bridgehead atoms. The maximum Gasteiger partial charge on any atom is 0.160 e. The van der Waals surface area contributed by atoms with Crippen LogP contribution in [0.1, 0.15) is 29.9 Å². The summed E-state index contributed by atoms with van der Waals surface area (Å²) in [4.78, 5) is 12.5. The number of thiophene rings is 1. The van der Waals surface area contributed by atoms with Crippen molar-refractivity contribution in [2.75, 3.05) is 0 Å². The Bertz CT molecular complexity index is 514. The Labute approximate surface area is 111 Å². The molecule has 1 atom stereocenters. The van der Waals surface area contributed by atoms with Gasteiger partial charge in [0.1, 0.15) is 5.75 Å². The van der Waals surface area contributed by atoms with Gasteiger partial charge in [-0.25, -0.2) is 0 Å². The van der Waals surface area contributed by atoms with Gasteiger partial charge in [-0.05, 0) is 55.3 Å². The molecule has 1 aromatic heterocycles. The van der Waals surface area contributed by atoms with Crippen molar-refractivity contribution in [3.05, 3.63) is 41.3 Å². The van der Waals surface area contributed by atoms with Crippen LogP contribution < -0.4 is 4.74 Å². The highest BCUT2D eigenvalue weighted by Crippen LogP contribution is 2.28. The number of ether oxygens (including phenoxy) is 1. The van der Waals surface area contributed by atoms with Crippen molar-refractivity contribution < 1.29 is 9.53 Å². The van der Waals surface area contributed by atoms with Crippen LogP contribution in [-0.4, -0.2) is 12.4 Å². The molecule has 0 aliphatic carbocycles. The van der Waals surface area contributed by atoms with E-state index in [1.165, 1.54) is 11.3 Å². The number of carbonyl (C=O) groups is 1. The normalized spacial score (nSPS) is 12.1. The molecule has 0 aliphatic heterocycles. The lowest BCUT2D eigenvalue weighted by molar-refractivity contribution is 0.112. The summed E-state index contributed by atoms with van der Waals surface area (Å²) in [6.07, 6.45) is 2.11. The third-order valence-electron chi connectivity index (χ3n) is 2.79. The number of aldehydes is 1. The largest absolute Gasteiger partial charge is 0.491 e. The van der Waals surface area contributed by atoms with Gasteiger partial charge in [0.05, 0.1) is 11.0 Å². The van der Waals surface area contributed by atoms with E-state index < -0.39 is 0 Å². The SMILES string of the molecule is CCC(C)Oc1ccc(-c2ccc(C=O)s2)cc1. The standard InChI is InChI=1S/C15H16O2S/c1-3-11(2)17-13-6-4-12(5-7-13)15-9-8-14(10-16)18-15/h4-11H,3H2,1-2H3. The van der Waals surface area contributed by atoms with Crippen molar-refractivity contribution in [3.63, 3.8) is 0 Å². The lowest BCUT2D eigenvalue weighted by Gasteiger charge is -2.12. The monoisotopic (exact) mass is 260 g/mol. The highest BCUT2D eigenvalue weighted by atomic mass is 32.1. The summed E-state index contributed by atoms with van der Waals surface area (Å²) in [6, 6.07) is 11.8. The van der Waals surface area contributed by atoms with E-state index in [-0.39, 0.29) is 6.10 Å². The van der Waals surface area contributed by atoms with E-state index in [1.54, 1.807) is 0 Å². The Morgan fingerprint density at radius 1 is 1.22 bits per heavy atom. The van der Waals surface area contributed by atoms with Crippen molar-refractivity contribution in [2.45, 2.75) is 26.4 Å². The molecule has 0 radical (unpaired) electrons. The zero-order chi connectivity index (χ0) is 13.0. The van der Waals surface area contributed by atoms with Crippen molar-refractivity contribution in [1.82, 2.24) is 0 Å². The smallest absolute Gasteiger partial charge is 0.160 e. The highest BCUT2D eigenvalue weighted by Gasteiger charge is 2.04. The second-order valence-electron chi connectivity index (χ2n) is 4.18. The average Bonchev–Trinajstić information content (AvgIpc) is 2.88. The fourth-order valence-electron chi connectivity index (χ4n) is 1.58. The van der Waals surface area contributed by atoms with Gasteiger partial charge in [0.15, 0.2) is 6.29 Å². The first-order chi connectivity index (χ1) is 8.72. The summed E-state index contributed by atoms with van der Waals surface area (Å²) >= 11 is 1.50. The third kappa shape index (κ3) is 2.99. The molecule has 1 heterocycles. The highest BCUT2D eigenvalue weighted by molar-refractivity contribution is 7.17. The molecule has 1 unspecified atom stereocenters. The van der Waals surface area contributed by atoms with Crippen molar-refractivity contribution in [2.24, 2.45) is 0 Å². The molecule has 0 saturated heterocycles. The molecule has 18 heavy (non-hydrogen) atoms. The third-order valence-corrected chi connectivity index (χ3v) is 3.85. The lowest BCUT2D eigenvalue weighted by Crippen LogP contribution is -2.09. The minimum absolute atomic E-state index is 0.235. The molecule has 0 N–H and O–H groups in total. The topological polar surface area (TPSA) is 26.3 Å². The van der Waals surface area contributed by atoms with E-state index in [9.17, 15) is 4.79 Å². The molecule has 0 spiro atoms. The molecular weight excluding hydrogens is 244 g/mol. The van der Waals surface area contributed by atoms with Gasteiger partial charge >= 0.3 is 0 Å². The Kier molecular flexibility index (Phi) is 4.15. The zero-order valence-electron chi connectivity index (χ0n) is 10.6. The molecule has 2 nitrogen and oxygen atoms in total. The number of rotatable bonds is 5. The summed E-state index contributed by atoms with van der Waals surface area (Å²) in [5.41, 5.74) is 1.12. The van der Waals surface area contributed by atoms with Crippen molar-refractivity contribution in [1.29, 1.82) is 0 Å². The second kappa shape index (κ2) is 5.83. The minimum Gasteiger partial charge on any atom is -0.491 e. The van der Waals surface area contributed by atoms with Crippen LogP contribution in [0.5, 0.6) is 5.75 Å². The van der Waals surface area contributed by atoms with Crippen LogP contribution in [-0.2, 0) is 0 Å². The van der Waals surface area contributed by atoms with Gasteiger partial charge in [-0.3, -0.25) is 4.79 Å². The molecule has 0 aliphatic rings. The van der Waals surface area contributed by atoms with Gasteiger partial charge in [0.25, 0.3) is 0 Å². The predicted octanol–water partition coefficient (Wildman–Crippen LogP) is 4.40. The average molecular weight is 260 g/mol. The summed E-state index contributed by atoms with van der Waals surface area (Å²) in [5.74, 6) is 0.889. The molecule has 0 amide bonds. The van der Waals surface area contributed by atoms with E-state index in [2.05, 4.69) is 13.8 Å². The molecular formula is C15H16O2S. The summed E-state index contributed by atoms with van der Waals surface area (Å²) in [6.45, 7) is 4.16. The molecule has 94 valence electrons.